The average Bonchev–Trinajstić information content (AvgIpc) is 3.08. The Hall–Kier alpha value is 0.320. The summed E-state index contributed by atoms with van der Waals surface area (Å²) >= 11 is 4.18. The molecule has 0 saturated heterocycles. The molecule has 1 N–H and O–H groups in total. The lowest BCUT2D eigenvalue weighted by molar-refractivity contribution is 0.208. The first-order valence-corrected chi connectivity index (χ1v) is 9.04. The van der Waals surface area contributed by atoms with Gasteiger partial charge in [-0.05, 0) is 71.9 Å². The Morgan fingerprint density at radius 1 is 1.28 bits per heavy atom. The van der Waals surface area contributed by atoms with E-state index in [0.29, 0.717) is 0 Å². The van der Waals surface area contributed by atoms with Crippen LogP contribution in [0.5, 0.6) is 0 Å². The Kier molecular flexibility index (Phi) is 3.16. The van der Waals surface area contributed by atoms with Crippen LogP contribution >= 0.6 is 33.9 Å². The van der Waals surface area contributed by atoms with Gasteiger partial charge in [0, 0.05) is 12.6 Å². The fourth-order valence-electron chi connectivity index (χ4n) is 4.89. The molecule has 2 bridgehead atoms. The second-order valence-corrected chi connectivity index (χ2v) is 9.21. The van der Waals surface area contributed by atoms with Gasteiger partial charge in [0.25, 0.3) is 0 Å². The third-order valence-electron chi connectivity index (χ3n) is 5.47. The van der Waals surface area contributed by atoms with E-state index in [1.165, 1.54) is 40.0 Å². The van der Waals surface area contributed by atoms with Crippen LogP contribution in [0.15, 0.2) is 6.20 Å². The summed E-state index contributed by atoms with van der Waals surface area (Å²) in [6.45, 7) is 0.985. The van der Waals surface area contributed by atoms with Crippen LogP contribution in [0, 0.1) is 26.6 Å². The van der Waals surface area contributed by atoms with Crippen molar-refractivity contribution in [2.45, 2.75) is 44.7 Å². The van der Waals surface area contributed by atoms with Crippen molar-refractivity contribution < 1.29 is 0 Å². The Balaban J connectivity index is 1.39. The lowest BCUT2D eigenvalue weighted by Crippen LogP contribution is -2.38. The van der Waals surface area contributed by atoms with E-state index in [0.717, 1.165) is 36.3 Å². The molecule has 1 heterocycles. The van der Waals surface area contributed by atoms with Crippen LogP contribution in [-0.2, 0) is 6.54 Å². The zero-order valence-corrected chi connectivity index (χ0v) is 13.4. The molecule has 3 saturated carbocycles. The molecule has 5 atom stereocenters. The molecule has 18 heavy (non-hydrogen) atoms. The van der Waals surface area contributed by atoms with Gasteiger partial charge < -0.3 is 5.32 Å². The predicted molar refractivity (Wildman–Crippen MR) is 82.5 cm³/mol. The molecule has 3 fully saturated rings. The van der Waals surface area contributed by atoms with Crippen LogP contribution in [0.4, 0.5) is 0 Å². The number of thiazole rings is 1. The number of aromatic nitrogens is 1. The second kappa shape index (κ2) is 4.70. The standard InChI is InChI=1S/C14H19IN2S/c15-13-6-17-14(18-13)7-16-12-5-8-4-11(12)10-3-1-2-9(8)10/h6,8-12,16H,1-5,7H2. The van der Waals surface area contributed by atoms with Crippen LogP contribution < -0.4 is 5.32 Å². The predicted octanol–water partition coefficient (Wildman–Crippen LogP) is 3.66. The van der Waals surface area contributed by atoms with E-state index in [4.69, 9.17) is 0 Å². The van der Waals surface area contributed by atoms with E-state index in [9.17, 15) is 0 Å². The van der Waals surface area contributed by atoms with Gasteiger partial charge >= 0.3 is 0 Å². The normalized spacial score (nSPS) is 41.5. The van der Waals surface area contributed by atoms with Crippen molar-refractivity contribution in [2.24, 2.45) is 23.7 Å². The maximum atomic E-state index is 4.45. The lowest BCUT2D eigenvalue weighted by atomic mass is 9.79. The molecule has 0 aliphatic heterocycles. The maximum absolute atomic E-state index is 4.45. The third-order valence-corrected chi connectivity index (χ3v) is 7.19. The monoisotopic (exact) mass is 374 g/mol. The summed E-state index contributed by atoms with van der Waals surface area (Å²) in [4.78, 5) is 4.45. The molecule has 2 nitrogen and oxygen atoms in total. The fourth-order valence-corrected chi connectivity index (χ4v) is 6.38. The highest BCUT2D eigenvalue weighted by Gasteiger charge is 2.53. The summed E-state index contributed by atoms with van der Waals surface area (Å²) in [5.41, 5.74) is 0. The van der Waals surface area contributed by atoms with Gasteiger partial charge in [-0.1, -0.05) is 6.42 Å². The van der Waals surface area contributed by atoms with Gasteiger partial charge in [0.2, 0.25) is 0 Å². The van der Waals surface area contributed by atoms with E-state index < -0.39 is 0 Å². The van der Waals surface area contributed by atoms with Crippen molar-refractivity contribution in [3.8, 4) is 0 Å². The molecular formula is C14H19IN2S. The molecule has 1 aromatic rings. The van der Waals surface area contributed by atoms with Gasteiger partial charge in [-0.25, -0.2) is 4.98 Å². The molecule has 3 aliphatic carbocycles. The number of fused-ring (bicyclic) bond motifs is 5. The topological polar surface area (TPSA) is 24.9 Å². The Morgan fingerprint density at radius 2 is 2.17 bits per heavy atom. The first kappa shape index (κ1) is 12.1. The highest BCUT2D eigenvalue weighted by molar-refractivity contribution is 14.1. The number of hydrogen-bond donors (Lipinski definition) is 1. The van der Waals surface area contributed by atoms with Crippen molar-refractivity contribution in [1.29, 1.82) is 0 Å². The Bertz CT molecular complexity index is 447. The number of hydrogen-bond acceptors (Lipinski definition) is 3. The molecule has 0 aromatic carbocycles. The Labute approximate surface area is 126 Å². The SMILES string of the molecule is Ic1cnc(CNC2CC3CC2C2CCCC32)s1. The zero-order chi connectivity index (χ0) is 12.1. The molecular weight excluding hydrogens is 355 g/mol. The number of halogens is 1. The Morgan fingerprint density at radius 3 is 3.00 bits per heavy atom. The molecule has 0 radical (unpaired) electrons. The number of rotatable bonds is 3. The van der Waals surface area contributed by atoms with Gasteiger partial charge in [-0.15, -0.1) is 11.3 Å². The first-order chi connectivity index (χ1) is 8.81. The highest BCUT2D eigenvalue weighted by atomic mass is 127. The van der Waals surface area contributed by atoms with Crippen molar-refractivity contribution in [2.75, 3.05) is 0 Å². The van der Waals surface area contributed by atoms with Crippen LogP contribution in [0.1, 0.15) is 37.1 Å². The van der Waals surface area contributed by atoms with Crippen molar-refractivity contribution in [1.82, 2.24) is 10.3 Å². The molecule has 1 aromatic heterocycles. The fraction of sp³-hybridized carbons (Fsp3) is 0.786. The number of nitrogens with one attached hydrogen (secondary N) is 1. The zero-order valence-electron chi connectivity index (χ0n) is 10.4. The first-order valence-electron chi connectivity index (χ1n) is 7.15. The molecule has 0 spiro atoms. The summed E-state index contributed by atoms with van der Waals surface area (Å²) in [7, 11) is 0. The largest absolute Gasteiger partial charge is 0.307 e. The van der Waals surface area contributed by atoms with E-state index in [2.05, 4.69) is 32.9 Å². The van der Waals surface area contributed by atoms with Gasteiger partial charge in [-0.3, -0.25) is 0 Å². The lowest BCUT2D eigenvalue weighted by Gasteiger charge is -2.32. The molecule has 98 valence electrons. The van der Waals surface area contributed by atoms with E-state index in [-0.39, 0.29) is 0 Å². The molecule has 3 aliphatic rings. The maximum Gasteiger partial charge on any atom is 0.107 e. The van der Waals surface area contributed by atoms with Crippen molar-refractivity contribution >= 4 is 33.9 Å². The average molecular weight is 374 g/mol. The van der Waals surface area contributed by atoms with E-state index >= 15 is 0 Å². The van der Waals surface area contributed by atoms with Crippen molar-refractivity contribution in [3.05, 3.63) is 14.1 Å². The number of nitrogens with zero attached hydrogens (tertiary/aromatic N) is 1. The molecule has 5 unspecified atom stereocenters. The third kappa shape index (κ3) is 1.95. The minimum Gasteiger partial charge on any atom is -0.307 e. The van der Waals surface area contributed by atoms with Crippen LogP contribution in [0.2, 0.25) is 0 Å². The van der Waals surface area contributed by atoms with E-state index in [1.807, 2.05) is 17.5 Å². The van der Waals surface area contributed by atoms with Gasteiger partial charge in [-0.2, -0.15) is 0 Å². The second-order valence-electron chi connectivity index (χ2n) is 6.20. The van der Waals surface area contributed by atoms with Gasteiger partial charge in [0.1, 0.15) is 5.01 Å². The van der Waals surface area contributed by atoms with Crippen molar-refractivity contribution in [3.63, 3.8) is 0 Å². The van der Waals surface area contributed by atoms with Crippen LogP contribution in [0.25, 0.3) is 0 Å². The smallest absolute Gasteiger partial charge is 0.107 e. The highest BCUT2D eigenvalue weighted by Crippen LogP contribution is 2.58. The van der Waals surface area contributed by atoms with Gasteiger partial charge in [0.15, 0.2) is 0 Å². The summed E-state index contributed by atoms with van der Waals surface area (Å²) in [6.07, 6.45) is 9.48. The molecule has 4 heteroatoms. The van der Waals surface area contributed by atoms with E-state index in [1.54, 1.807) is 0 Å². The minimum absolute atomic E-state index is 0.788. The summed E-state index contributed by atoms with van der Waals surface area (Å²) in [5.74, 6) is 4.21. The summed E-state index contributed by atoms with van der Waals surface area (Å²) < 4.78 is 1.30. The summed E-state index contributed by atoms with van der Waals surface area (Å²) in [5, 5.41) is 5.05. The van der Waals surface area contributed by atoms with Crippen LogP contribution in [0.3, 0.4) is 0 Å². The molecule has 4 rings (SSSR count). The molecule has 0 amide bonds. The quantitative estimate of drug-likeness (QED) is 0.817. The van der Waals surface area contributed by atoms with Crippen LogP contribution in [-0.4, -0.2) is 11.0 Å². The summed E-state index contributed by atoms with van der Waals surface area (Å²) in [6, 6.07) is 0.788. The minimum atomic E-state index is 0.788. The van der Waals surface area contributed by atoms with Gasteiger partial charge in [0.05, 0.1) is 9.08 Å².